The molecule has 0 aliphatic heterocycles. The third-order valence-corrected chi connectivity index (χ3v) is 1.83. The second-order valence-corrected chi connectivity index (χ2v) is 2.72. The highest BCUT2D eigenvalue weighted by atomic mass is 35.5. The van der Waals surface area contributed by atoms with Gasteiger partial charge in [0, 0.05) is 11.6 Å². The van der Waals surface area contributed by atoms with E-state index in [-0.39, 0.29) is 10.9 Å². The molecule has 0 aliphatic carbocycles. The van der Waals surface area contributed by atoms with Gasteiger partial charge in [0.15, 0.2) is 10.9 Å². The summed E-state index contributed by atoms with van der Waals surface area (Å²) in [5.41, 5.74) is 0.681. The number of fused-ring (bicyclic) bond motifs is 1. The van der Waals surface area contributed by atoms with Crippen molar-refractivity contribution in [2.24, 2.45) is 0 Å². The van der Waals surface area contributed by atoms with Gasteiger partial charge in [0.2, 0.25) is 0 Å². The second-order valence-electron chi connectivity index (χ2n) is 2.37. The molecule has 0 spiro atoms. The molecule has 0 aliphatic rings. The molecule has 2 aromatic heterocycles. The fraction of sp³-hybridized carbons (Fsp3) is 0. The zero-order valence-corrected chi connectivity index (χ0v) is 6.78. The Morgan fingerprint density at radius 3 is 3.08 bits per heavy atom. The predicted octanol–water partition coefficient (Wildman–Crippen LogP) is 1.99. The zero-order valence-electron chi connectivity index (χ0n) is 6.03. The van der Waals surface area contributed by atoms with E-state index in [0.717, 1.165) is 5.39 Å². The molecule has 0 aromatic carbocycles. The Bertz CT molecular complexity index is 390. The maximum Gasteiger partial charge on any atom is 0.171 e. The van der Waals surface area contributed by atoms with E-state index in [9.17, 15) is 5.11 Å². The van der Waals surface area contributed by atoms with Crippen LogP contribution in [0.4, 0.5) is 0 Å². The van der Waals surface area contributed by atoms with Crippen LogP contribution in [0.3, 0.4) is 0 Å². The van der Waals surface area contributed by atoms with Crippen LogP contribution in [0.2, 0.25) is 5.15 Å². The van der Waals surface area contributed by atoms with Gasteiger partial charge in [0.05, 0.1) is 11.7 Å². The smallest absolute Gasteiger partial charge is 0.171 e. The predicted molar refractivity (Wildman–Crippen MR) is 46.2 cm³/mol. The maximum atomic E-state index is 9.20. The molecule has 0 saturated heterocycles. The van der Waals surface area contributed by atoms with Crippen molar-refractivity contribution in [1.29, 1.82) is 0 Å². The highest BCUT2D eigenvalue weighted by Crippen LogP contribution is 2.24. The average molecular weight is 181 g/mol. The highest BCUT2D eigenvalue weighted by Gasteiger charge is 2.01. The van der Waals surface area contributed by atoms with Gasteiger partial charge in [-0.15, -0.1) is 0 Å². The van der Waals surface area contributed by atoms with Crippen molar-refractivity contribution in [2.45, 2.75) is 0 Å². The normalized spacial score (nSPS) is 10.4. The summed E-state index contributed by atoms with van der Waals surface area (Å²) in [5, 5.41) is 10.1. The summed E-state index contributed by atoms with van der Waals surface area (Å²) >= 11 is 5.60. The molecule has 2 heterocycles. The Balaban J connectivity index is 2.84. The Labute approximate surface area is 73.6 Å². The molecule has 3 nitrogen and oxygen atoms in total. The molecule has 2 rings (SSSR count). The maximum absolute atomic E-state index is 9.20. The fourth-order valence-corrected chi connectivity index (χ4v) is 1.13. The lowest BCUT2D eigenvalue weighted by Gasteiger charge is -1.98. The molecule has 0 atom stereocenters. The lowest BCUT2D eigenvalue weighted by Crippen LogP contribution is -1.81. The van der Waals surface area contributed by atoms with Crippen LogP contribution in [0.5, 0.6) is 5.75 Å². The van der Waals surface area contributed by atoms with E-state index >= 15 is 0 Å². The fourth-order valence-electron chi connectivity index (χ4n) is 0.982. The first-order chi connectivity index (χ1) is 5.77. The molecular weight excluding hydrogens is 176 g/mol. The third kappa shape index (κ3) is 1.08. The second kappa shape index (κ2) is 2.60. The first-order valence-corrected chi connectivity index (χ1v) is 3.74. The van der Waals surface area contributed by atoms with E-state index < -0.39 is 0 Å². The van der Waals surface area contributed by atoms with Gasteiger partial charge in [0.1, 0.15) is 0 Å². The van der Waals surface area contributed by atoms with Crippen LogP contribution in [0.1, 0.15) is 0 Å². The first-order valence-electron chi connectivity index (χ1n) is 3.36. The molecular formula is C8H5ClN2O. The van der Waals surface area contributed by atoms with Gasteiger partial charge in [-0.25, -0.2) is 4.98 Å². The minimum absolute atomic E-state index is 0.00429. The summed E-state index contributed by atoms with van der Waals surface area (Å²) < 4.78 is 0. The molecule has 12 heavy (non-hydrogen) atoms. The van der Waals surface area contributed by atoms with Crippen molar-refractivity contribution in [2.75, 3.05) is 0 Å². The van der Waals surface area contributed by atoms with Crippen molar-refractivity contribution in [1.82, 2.24) is 9.97 Å². The third-order valence-electron chi connectivity index (χ3n) is 1.55. The summed E-state index contributed by atoms with van der Waals surface area (Å²) in [6.45, 7) is 0. The van der Waals surface area contributed by atoms with Gasteiger partial charge in [-0.3, -0.25) is 4.98 Å². The van der Waals surface area contributed by atoms with Crippen LogP contribution in [0.15, 0.2) is 24.5 Å². The van der Waals surface area contributed by atoms with Crippen LogP contribution in [0.25, 0.3) is 10.9 Å². The minimum Gasteiger partial charge on any atom is -0.505 e. The topological polar surface area (TPSA) is 46.0 Å². The first kappa shape index (κ1) is 7.31. The largest absolute Gasteiger partial charge is 0.505 e. The van der Waals surface area contributed by atoms with Gasteiger partial charge in [-0.1, -0.05) is 11.6 Å². The Morgan fingerprint density at radius 2 is 2.25 bits per heavy atom. The average Bonchev–Trinajstić information content (AvgIpc) is 2.07. The van der Waals surface area contributed by atoms with Gasteiger partial charge in [-0.05, 0) is 12.1 Å². The number of hydrogen-bond acceptors (Lipinski definition) is 3. The molecule has 2 aromatic rings. The molecule has 0 fully saturated rings. The summed E-state index contributed by atoms with van der Waals surface area (Å²) in [6.07, 6.45) is 3.23. The molecule has 0 radical (unpaired) electrons. The monoisotopic (exact) mass is 180 g/mol. The van der Waals surface area contributed by atoms with Crippen LogP contribution in [0, 0.1) is 0 Å². The van der Waals surface area contributed by atoms with Gasteiger partial charge in [-0.2, -0.15) is 0 Å². The van der Waals surface area contributed by atoms with E-state index in [1.165, 1.54) is 0 Å². The van der Waals surface area contributed by atoms with Gasteiger partial charge in [0.25, 0.3) is 0 Å². The highest BCUT2D eigenvalue weighted by molar-refractivity contribution is 6.31. The summed E-state index contributed by atoms with van der Waals surface area (Å²) in [6, 6.07) is 3.32. The molecule has 0 unspecified atom stereocenters. The number of halogens is 1. The quantitative estimate of drug-likeness (QED) is 0.631. The lowest BCUT2D eigenvalue weighted by atomic mass is 10.2. The number of pyridine rings is 2. The Morgan fingerprint density at radius 1 is 1.42 bits per heavy atom. The molecule has 0 saturated carbocycles. The molecule has 0 amide bonds. The molecule has 60 valence electrons. The zero-order chi connectivity index (χ0) is 8.55. The van der Waals surface area contributed by atoms with E-state index in [2.05, 4.69) is 9.97 Å². The van der Waals surface area contributed by atoms with Crippen molar-refractivity contribution < 1.29 is 5.11 Å². The number of nitrogens with zero attached hydrogens (tertiary/aromatic N) is 2. The van der Waals surface area contributed by atoms with Crippen LogP contribution >= 0.6 is 11.6 Å². The van der Waals surface area contributed by atoms with Crippen LogP contribution < -0.4 is 0 Å². The van der Waals surface area contributed by atoms with Crippen LogP contribution in [-0.2, 0) is 0 Å². The summed E-state index contributed by atoms with van der Waals surface area (Å²) in [4.78, 5) is 7.81. The van der Waals surface area contributed by atoms with E-state index in [1.54, 1.807) is 24.5 Å². The van der Waals surface area contributed by atoms with Crippen molar-refractivity contribution in [3.8, 4) is 5.75 Å². The number of aromatic hydroxyl groups is 1. The Kier molecular flexibility index (Phi) is 1.59. The van der Waals surface area contributed by atoms with Crippen molar-refractivity contribution in [3.05, 3.63) is 29.7 Å². The van der Waals surface area contributed by atoms with Gasteiger partial charge < -0.3 is 5.11 Å². The minimum atomic E-state index is -0.00429. The number of rotatable bonds is 0. The van der Waals surface area contributed by atoms with Gasteiger partial charge >= 0.3 is 0 Å². The number of hydrogen-bond donors (Lipinski definition) is 1. The number of aromatic nitrogens is 2. The van der Waals surface area contributed by atoms with E-state index in [0.29, 0.717) is 5.52 Å². The van der Waals surface area contributed by atoms with E-state index in [1.807, 2.05) is 0 Å². The van der Waals surface area contributed by atoms with E-state index in [4.69, 9.17) is 11.6 Å². The standard InChI is InChI=1S/C8H5ClN2O/c9-8-7(12)3-5-1-2-10-4-6(5)11-8/h1-4,12H. The lowest BCUT2D eigenvalue weighted by molar-refractivity contribution is 0.474. The molecule has 1 N–H and O–H groups in total. The molecule has 0 bridgehead atoms. The summed E-state index contributed by atoms with van der Waals surface area (Å²) in [5.74, 6) is -0.00429. The van der Waals surface area contributed by atoms with Crippen molar-refractivity contribution >= 4 is 22.5 Å². The Hall–Kier alpha value is -1.35. The summed E-state index contributed by atoms with van der Waals surface area (Å²) in [7, 11) is 0. The SMILES string of the molecule is Oc1cc2ccncc2nc1Cl. The van der Waals surface area contributed by atoms with Crippen molar-refractivity contribution in [3.63, 3.8) is 0 Å². The molecule has 4 heteroatoms. The van der Waals surface area contributed by atoms with Crippen LogP contribution in [-0.4, -0.2) is 15.1 Å².